The minimum Gasteiger partial charge on any atom is -0.454 e. The second kappa shape index (κ2) is 7.16. The predicted octanol–water partition coefficient (Wildman–Crippen LogP) is 1.87. The molecule has 2 aliphatic heterocycles. The molecule has 1 aromatic heterocycles. The Morgan fingerprint density at radius 1 is 1.26 bits per heavy atom. The number of thioether (sulfide) groups is 1. The van der Waals surface area contributed by atoms with Crippen LogP contribution >= 0.6 is 11.8 Å². The van der Waals surface area contributed by atoms with Crippen LogP contribution in [-0.2, 0) is 4.79 Å². The number of nitrogens with one attached hydrogen (secondary N) is 1. The van der Waals surface area contributed by atoms with Crippen molar-refractivity contribution in [2.45, 2.75) is 0 Å². The smallest absolute Gasteiger partial charge is 0.293 e. The Bertz CT molecular complexity index is 940. The highest BCUT2D eigenvalue weighted by molar-refractivity contribution is 8.18. The standard InChI is InChI=1S/C17H13N3O6S/c21-15(12-3-4-19-26-12)18-5-6-20-16(22)14(27-17(20)23)8-10-1-2-11-13(7-10)25-9-24-11/h1-4,7-8H,5-6,9H2,(H,18,21). The first-order valence-corrected chi connectivity index (χ1v) is 8.77. The molecule has 138 valence electrons. The van der Waals surface area contributed by atoms with Crippen molar-refractivity contribution >= 4 is 34.9 Å². The van der Waals surface area contributed by atoms with E-state index >= 15 is 0 Å². The summed E-state index contributed by atoms with van der Waals surface area (Å²) in [5.41, 5.74) is 0.725. The molecule has 1 aromatic carbocycles. The molecule has 0 aliphatic carbocycles. The molecule has 27 heavy (non-hydrogen) atoms. The lowest BCUT2D eigenvalue weighted by Crippen LogP contribution is -2.37. The lowest BCUT2D eigenvalue weighted by Gasteiger charge is -2.12. The van der Waals surface area contributed by atoms with E-state index in [1.54, 1.807) is 24.3 Å². The van der Waals surface area contributed by atoms with Crippen molar-refractivity contribution in [2.75, 3.05) is 19.9 Å². The van der Waals surface area contributed by atoms with Gasteiger partial charge in [-0.2, -0.15) is 0 Å². The number of carbonyl (C=O) groups excluding carboxylic acids is 3. The number of carbonyl (C=O) groups is 3. The Labute approximate surface area is 157 Å². The van der Waals surface area contributed by atoms with Gasteiger partial charge >= 0.3 is 0 Å². The van der Waals surface area contributed by atoms with Crippen molar-refractivity contribution in [3.8, 4) is 11.5 Å². The van der Waals surface area contributed by atoms with E-state index in [9.17, 15) is 14.4 Å². The third kappa shape index (κ3) is 3.51. The van der Waals surface area contributed by atoms with Gasteiger partial charge in [0, 0.05) is 19.2 Å². The highest BCUT2D eigenvalue weighted by Crippen LogP contribution is 2.36. The minimum absolute atomic E-state index is 0.0586. The molecular weight excluding hydrogens is 374 g/mol. The van der Waals surface area contributed by atoms with E-state index in [-0.39, 0.29) is 30.9 Å². The Hall–Kier alpha value is -3.27. The van der Waals surface area contributed by atoms with Gasteiger partial charge in [-0.1, -0.05) is 11.2 Å². The van der Waals surface area contributed by atoms with Crippen LogP contribution in [0.1, 0.15) is 16.1 Å². The zero-order valence-corrected chi connectivity index (χ0v) is 14.7. The lowest BCUT2D eigenvalue weighted by molar-refractivity contribution is -0.122. The quantitative estimate of drug-likeness (QED) is 0.774. The van der Waals surface area contributed by atoms with E-state index in [0.29, 0.717) is 16.4 Å². The average Bonchev–Trinajstić information content (AvgIpc) is 3.38. The van der Waals surface area contributed by atoms with Crippen LogP contribution in [0.25, 0.3) is 6.08 Å². The van der Waals surface area contributed by atoms with Crippen molar-refractivity contribution in [1.82, 2.24) is 15.4 Å². The number of aromatic nitrogens is 1. The monoisotopic (exact) mass is 387 g/mol. The summed E-state index contributed by atoms with van der Waals surface area (Å²) in [6, 6.07) is 6.69. The SMILES string of the molecule is O=C(NCCN1C(=O)SC(=Cc2ccc3c(c2)OCO3)C1=O)c1ccno1. The first-order chi connectivity index (χ1) is 13.1. The number of rotatable bonds is 5. The summed E-state index contributed by atoms with van der Waals surface area (Å²) in [4.78, 5) is 37.8. The zero-order chi connectivity index (χ0) is 18.8. The molecule has 10 heteroatoms. The van der Waals surface area contributed by atoms with Gasteiger partial charge in [-0.25, -0.2) is 0 Å². The van der Waals surface area contributed by atoms with Gasteiger partial charge in [0.1, 0.15) is 0 Å². The molecule has 1 fully saturated rings. The third-order valence-corrected chi connectivity index (χ3v) is 4.76. The Morgan fingerprint density at radius 3 is 2.93 bits per heavy atom. The van der Waals surface area contributed by atoms with E-state index in [1.807, 2.05) is 0 Å². The van der Waals surface area contributed by atoms with Crippen LogP contribution in [0.5, 0.6) is 11.5 Å². The molecular formula is C17H13N3O6S. The molecule has 0 unspecified atom stereocenters. The molecule has 2 aliphatic rings. The van der Waals surface area contributed by atoms with Crippen LogP contribution in [0, 0.1) is 0 Å². The van der Waals surface area contributed by atoms with E-state index in [4.69, 9.17) is 14.0 Å². The molecule has 0 saturated carbocycles. The van der Waals surface area contributed by atoms with Gasteiger partial charge in [-0.05, 0) is 35.5 Å². The van der Waals surface area contributed by atoms with E-state index in [0.717, 1.165) is 22.2 Å². The van der Waals surface area contributed by atoms with Gasteiger partial charge in [0.2, 0.25) is 12.6 Å². The summed E-state index contributed by atoms with van der Waals surface area (Å²) in [6.45, 7) is 0.326. The molecule has 4 rings (SSSR count). The number of imide groups is 1. The van der Waals surface area contributed by atoms with Gasteiger partial charge in [0.25, 0.3) is 17.1 Å². The molecule has 1 N–H and O–H groups in total. The van der Waals surface area contributed by atoms with Crippen molar-refractivity contribution in [2.24, 2.45) is 0 Å². The van der Waals surface area contributed by atoms with Crippen molar-refractivity contribution in [3.63, 3.8) is 0 Å². The average molecular weight is 387 g/mol. The number of fused-ring (bicyclic) bond motifs is 1. The lowest BCUT2D eigenvalue weighted by atomic mass is 10.2. The summed E-state index contributed by atoms with van der Waals surface area (Å²) in [5.74, 6) is 0.430. The first-order valence-electron chi connectivity index (χ1n) is 7.96. The molecule has 0 atom stereocenters. The molecule has 0 bridgehead atoms. The summed E-state index contributed by atoms with van der Waals surface area (Å²) in [5, 5.41) is 5.62. The third-order valence-electron chi connectivity index (χ3n) is 3.85. The largest absolute Gasteiger partial charge is 0.454 e. The fourth-order valence-corrected chi connectivity index (χ4v) is 3.41. The second-order valence-corrected chi connectivity index (χ2v) is 6.57. The van der Waals surface area contributed by atoms with E-state index in [2.05, 4.69) is 10.5 Å². The first kappa shape index (κ1) is 17.2. The van der Waals surface area contributed by atoms with Crippen LogP contribution in [0.2, 0.25) is 0 Å². The van der Waals surface area contributed by atoms with Crippen LogP contribution < -0.4 is 14.8 Å². The van der Waals surface area contributed by atoms with Gasteiger partial charge in [-0.15, -0.1) is 0 Å². The van der Waals surface area contributed by atoms with Crippen molar-refractivity contribution in [1.29, 1.82) is 0 Å². The summed E-state index contributed by atoms with van der Waals surface area (Å²) < 4.78 is 15.3. The molecule has 0 spiro atoms. The van der Waals surface area contributed by atoms with Crippen molar-refractivity contribution in [3.05, 3.63) is 46.7 Å². The Morgan fingerprint density at radius 2 is 2.11 bits per heavy atom. The second-order valence-electron chi connectivity index (χ2n) is 5.58. The van der Waals surface area contributed by atoms with Crippen LogP contribution in [0.3, 0.4) is 0 Å². The molecule has 2 aromatic rings. The van der Waals surface area contributed by atoms with Gasteiger partial charge in [0.15, 0.2) is 11.5 Å². The minimum atomic E-state index is -0.463. The van der Waals surface area contributed by atoms with Gasteiger partial charge < -0.3 is 19.3 Å². The number of hydrogen-bond donors (Lipinski definition) is 1. The van der Waals surface area contributed by atoms with E-state index < -0.39 is 11.8 Å². The number of benzene rings is 1. The molecule has 1 saturated heterocycles. The molecule has 3 amide bonds. The summed E-state index contributed by atoms with van der Waals surface area (Å²) >= 11 is 0.852. The highest BCUT2D eigenvalue weighted by Gasteiger charge is 2.34. The topological polar surface area (TPSA) is 111 Å². The Balaban J connectivity index is 1.39. The van der Waals surface area contributed by atoms with Crippen LogP contribution in [0.4, 0.5) is 4.79 Å². The highest BCUT2D eigenvalue weighted by atomic mass is 32.2. The summed E-state index contributed by atoms with van der Waals surface area (Å²) in [6.07, 6.45) is 2.98. The van der Waals surface area contributed by atoms with E-state index in [1.165, 1.54) is 12.3 Å². The normalized spacial score (nSPS) is 17.0. The van der Waals surface area contributed by atoms with Gasteiger partial charge in [-0.3, -0.25) is 19.3 Å². The predicted molar refractivity (Wildman–Crippen MR) is 94.1 cm³/mol. The fourth-order valence-electron chi connectivity index (χ4n) is 2.55. The fraction of sp³-hybridized carbons (Fsp3) is 0.176. The number of amides is 3. The summed E-state index contributed by atoms with van der Waals surface area (Å²) in [7, 11) is 0. The Kier molecular flexibility index (Phi) is 4.55. The number of hydrogen-bond acceptors (Lipinski definition) is 8. The van der Waals surface area contributed by atoms with Crippen molar-refractivity contribution < 1.29 is 28.4 Å². The zero-order valence-electron chi connectivity index (χ0n) is 13.8. The molecule has 3 heterocycles. The molecule has 9 nitrogen and oxygen atoms in total. The van der Waals surface area contributed by atoms with Gasteiger partial charge in [0.05, 0.1) is 11.1 Å². The number of nitrogens with zero attached hydrogens (tertiary/aromatic N) is 2. The molecule has 0 radical (unpaired) electrons. The van der Waals surface area contributed by atoms with Crippen LogP contribution in [0.15, 0.2) is 39.9 Å². The van der Waals surface area contributed by atoms with Crippen LogP contribution in [-0.4, -0.2) is 47.0 Å². The maximum Gasteiger partial charge on any atom is 0.293 e. The number of ether oxygens (including phenoxy) is 2. The maximum absolute atomic E-state index is 12.5. The maximum atomic E-state index is 12.5.